The number of rotatable bonds is 7. The summed E-state index contributed by atoms with van der Waals surface area (Å²) in [5.41, 5.74) is 7.68. The van der Waals surface area contributed by atoms with E-state index in [4.69, 9.17) is 0 Å². The van der Waals surface area contributed by atoms with Gasteiger partial charge in [0.25, 0.3) is 5.91 Å². The number of carboxylic acid groups (broad SMARTS) is 2. The number of hydrazine groups is 1. The molecule has 0 aliphatic rings. The Morgan fingerprint density at radius 1 is 1.04 bits per heavy atom. The van der Waals surface area contributed by atoms with E-state index in [9.17, 15) is 24.6 Å². The molecule has 1 aromatic carbocycles. The minimum Gasteiger partial charge on any atom is -0.545 e. The van der Waals surface area contributed by atoms with Gasteiger partial charge in [0.05, 0.1) is 11.9 Å². The molecule has 0 spiro atoms. The van der Waals surface area contributed by atoms with Crippen LogP contribution in [0, 0.1) is 0 Å². The van der Waals surface area contributed by atoms with Crippen LogP contribution in [0.2, 0.25) is 0 Å². The molecule has 0 radical (unpaired) electrons. The summed E-state index contributed by atoms with van der Waals surface area (Å²) in [5, 5.41) is 21.7. The van der Waals surface area contributed by atoms with E-state index in [1.165, 1.54) is 0 Å². The van der Waals surface area contributed by atoms with Crippen LogP contribution in [0.4, 0.5) is 0 Å². The van der Waals surface area contributed by atoms with Gasteiger partial charge in [-0.25, -0.2) is 0 Å². The first-order chi connectivity index (χ1) is 11.3. The van der Waals surface area contributed by atoms with E-state index in [-0.39, 0.29) is 29.0 Å². The average molecular weight is 391 g/mol. The van der Waals surface area contributed by atoms with Crippen molar-refractivity contribution in [3.8, 4) is 0 Å². The first-order valence-corrected chi connectivity index (χ1v) is 7.15. The molecule has 8 nitrogen and oxygen atoms in total. The Labute approximate surface area is 157 Å². The molecule has 9 heteroatoms. The molecule has 0 bridgehead atoms. The number of nitrogens with one attached hydrogen (secondary N) is 3. The zero-order valence-electron chi connectivity index (χ0n) is 14.1. The second-order valence-corrected chi connectivity index (χ2v) is 4.90. The molecule has 1 amide bonds. The number of amides is 1. The third kappa shape index (κ3) is 13.9. The van der Waals surface area contributed by atoms with E-state index in [1.807, 2.05) is 45.2 Å². The first kappa shape index (κ1) is 25.1. The number of carbonyl (C=O) groups excluding carboxylic acids is 3. The maximum absolute atomic E-state index is 11.6. The van der Waals surface area contributed by atoms with Crippen LogP contribution >= 0.6 is 0 Å². The van der Waals surface area contributed by atoms with Crippen LogP contribution in [0.15, 0.2) is 36.4 Å². The summed E-state index contributed by atoms with van der Waals surface area (Å²) < 4.78 is 0. The molecule has 0 fully saturated rings. The van der Waals surface area contributed by atoms with Gasteiger partial charge < -0.3 is 25.1 Å². The number of hydrogen-bond donors (Lipinski definition) is 3. The Kier molecular flexibility index (Phi) is 14.2. The fourth-order valence-electron chi connectivity index (χ4n) is 1.45. The van der Waals surface area contributed by atoms with Crippen molar-refractivity contribution in [1.29, 1.82) is 0 Å². The number of carboxylic acids is 2. The zero-order chi connectivity index (χ0) is 18.5. The van der Waals surface area contributed by atoms with Crippen molar-refractivity contribution in [3.05, 3.63) is 47.5 Å². The molecule has 1 rings (SSSR count). The van der Waals surface area contributed by atoms with Gasteiger partial charge in [-0.15, -0.1) is 0 Å². The van der Waals surface area contributed by atoms with Crippen LogP contribution in [0.1, 0.15) is 29.8 Å². The molecule has 0 unspecified atom stereocenters. The van der Waals surface area contributed by atoms with E-state index in [0.29, 0.717) is 17.7 Å². The van der Waals surface area contributed by atoms with Gasteiger partial charge in [0.15, 0.2) is 0 Å². The van der Waals surface area contributed by atoms with Crippen molar-refractivity contribution >= 4 is 17.8 Å². The largest absolute Gasteiger partial charge is 2.00 e. The molecule has 25 heavy (non-hydrogen) atoms. The number of hydrogen-bond acceptors (Lipinski definition) is 7. The summed E-state index contributed by atoms with van der Waals surface area (Å²) in [5.74, 6) is -3.12. The first-order valence-electron chi connectivity index (χ1n) is 7.15. The van der Waals surface area contributed by atoms with Crippen molar-refractivity contribution in [2.75, 3.05) is 7.05 Å². The Morgan fingerprint density at radius 2 is 1.52 bits per heavy atom. The molecular weight excluding hydrogens is 370 g/mol. The van der Waals surface area contributed by atoms with Crippen LogP contribution in [-0.2, 0) is 33.2 Å². The molecule has 0 saturated heterocycles. The monoisotopic (exact) mass is 391 g/mol. The second kappa shape index (κ2) is 14.2. The standard InChI is InChI=1S/C12H19N3O.C4H4O4.Fe/c1-9(2)15-12(16)11-6-4-10(5-7-11)8-14-13-3;5-3(6)1-2-4(7)8;/h4-7,9,13-14H,8H2,1-3H3,(H,15,16);1-2H,(H,5,6)(H,7,8);/q;;+2/p-2/b;2-1+;. The van der Waals surface area contributed by atoms with Gasteiger partial charge in [-0.05, 0) is 50.7 Å². The van der Waals surface area contributed by atoms with Gasteiger partial charge in [0.2, 0.25) is 0 Å². The molecule has 0 aliphatic heterocycles. The number of aliphatic carboxylic acids is 2. The number of carbonyl (C=O) groups is 3. The smallest absolute Gasteiger partial charge is 0.545 e. The predicted octanol–water partition coefficient (Wildman–Crippen LogP) is -1.91. The van der Waals surface area contributed by atoms with Crippen LogP contribution in [-0.4, -0.2) is 30.9 Å². The van der Waals surface area contributed by atoms with Gasteiger partial charge in [0.1, 0.15) is 0 Å². The van der Waals surface area contributed by atoms with Crippen molar-refractivity contribution in [3.63, 3.8) is 0 Å². The second-order valence-electron chi connectivity index (χ2n) is 4.90. The van der Waals surface area contributed by atoms with Crippen molar-refractivity contribution in [2.24, 2.45) is 0 Å². The summed E-state index contributed by atoms with van der Waals surface area (Å²) in [7, 11) is 1.82. The molecule has 0 saturated carbocycles. The van der Waals surface area contributed by atoms with Crippen molar-refractivity contribution in [1.82, 2.24) is 16.2 Å². The van der Waals surface area contributed by atoms with Gasteiger partial charge in [0, 0.05) is 18.2 Å². The van der Waals surface area contributed by atoms with E-state index < -0.39 is 11.9 Å². The van der Waals surface area contributed by atoms with Crippen molar-refractivity contribution in [2.45, 2.75) is 26.4 Å². The average Bonchev–Trinajstić information content (AvgIpc) is 2.51. The summed E-state index contributed by atoms with van der Waals surface area (Å²) in [6.07, 6.45) is 0.769. The summed E-state index contributed by atoms with van der Waals surface area (Å²) in [6, 6.07) is 7.73. The Bertz CT molecular complexity index is 558. The molecule has 0 aromatic heterocycles. The molecule has 0 heterocycles. The Hall–Kier alpha value is -2.19. The van der Waals surface area contributed by atoms with Crippen LogP contribution in [0.5, 0.6) is 0 Å². The van der Waals surface area contributed by atoms with Crippen LogP contribution < -0.4 is 26.4 Å². The maximum atomic E-state index is 11.6. The van der Waals surface area contributed by atoms with Crippen LogP contribution in [0.3, 0.4) is 0 Å². The normalized spacial score (nSPS) is 9.76. The van der Waals surface area contributed by atoms with E-state index in [0.717, 1.165) is 12.1 Å². The summed E-state index contributed by atoms with van der Waals surface area (Å²) >= 11 is 0. The molecule has 138 valence electrons. The Morgan fingerprint density at radius 3 is 1.88 bits per heavy atom. The molecule has 0 atom stereocenters. The fraction of sp³-hybridized carbons (Fsp3) is 0.312. The minimum absolute atomic E-state index is 0. The van der Waals surface area contributed by atoms with E-state index in [1.54, 1.807) is 0 Å². The maximum Gasteiger partial charge on any atom is 2.00 e. The SMILES string of the molecule is CNNCc1ccc(C(=O)NC(C)C)cc1.O=C([O-])/C=C/C(=O)[O-].[Fe+2]. The van der Waals surface area contributed by atoms with Gasteiger partial charge >= 0.3 is 17.1 Å². The van der Waals surface area contributed by atoms with Crippen molar-refractivity contribution < 1.29 is 41.7 Å². The zero-order valence-corrected chi connectivity index (χ0v) is 15.2. The van der Waals surface area contributed by atoms with Crippen LogP contribution in [0.25, 0.3) is 0 Å². The predicted molar refractivity (Wildman–Crippen MR) is 84.1 cm³/mol. The quantitative estimate of drug-likeness (QED) is 0.281. The van der Waals surface area contributed by atoms with Gasteiger partial charge in [-0.1, -0.05) is 12.1 Å². The third-order valence-electron chi connectivity index (χ3n) is 2.46. The molecule has 3 N–H and O–H groups in total. The van der Waals surface area contributed by atoms with Gasteiger partial charge in [-0.3, -0.25) is 15.6 Å². The topological polar surface area (TPSA) is 133 Å². The minimum atomic E-state index is -1.55. The van der Waals surface area contributed by atoms with Gasteiger partial charge in [-0.2, -0.15) is 0 Å². The molecule has 0 aliphatic carbocycles. The fourth-order valence-corrected chi connectivity index (χ4v) is 1.45. The third-order valence-corrected chi connectivity index (χ3v) is 2.46. The Balaban J connectivity index is 0. The molecule has 1 aromatic rings. The summed E-state index contributed by atoms with van der Waals surface area (Å²) in [6.45, 7) is 4.63. The molecular formula is C16H21FeN3O5. The number of benzene rings is 1. The van der Waals surface area contributed by atoms with E-state index >= 15 is 0 Å². The summed E-state index contributed by atoms with van der Waals surface area (Å²) in [4.78, 5) is 30.5. The van der Waals surface area contributed by atoms with E-state index in [2.05, 4.69) is 16.2 Å².